The quantitative estimate of drug-likeness (QED) is 0.914. The van der Waals surface area contributed by atoms with Crippen LogP contribution in [0.2, 0.25) is 0 Å². The number of aryl methyl sites for hydroxylation is 2. The molecule has 3 rings (SSSR count). The van der Waals surface area contributed by atoms with Gasteiger partial charge in [-0.15, -0.1) is 0 Å². The van der Waals surface area contributed by atoms with E-state index in [1.165, 1.54) is 24.0 Å². The number of benzene rings is 2. The molecule has 0 heterocycles. The minimum atomic E-state index is -0.0327. The molecular formula is C20H24N2O. The lowest BCUT2D eigenvalue weighted by Gasteiger charge is -2.18. The maximum absolute atomic E-state index is 12.5. The first-order valence-corrected chi connectivity index (χ1v) is 8.41. The molecule has 2 aromatic carbocycles. The molecule has 0 unspecified atom stereocenters. The van der Waals surface area contributed by atoms with Gasteiger partial charge in [0, 0.05) is 30.5 Å². The zero-order valence-electron chi connectivity index (χ0n) is 13.9. The number of hydrogen-bond acceptors (Lipinski definition) is 2. The molecule has 1 aliphatic rings. The van der Waals surface area contributed by atoms with E-state index in [0.29, 0.717) is 0 Å². The van der Waals surface area contributed by atoms with E-state index in [4.69, 9.17) is 0 Å². The van der Waals surface area contributed by atoms with Crippen LogP contribution in [0, 0.1) is 0 Å². The van der Waals surface area contributed by atoms with Crippen molar-refractivity contribution in [2.24, 2.45) is 0 Å². The lowest BCUT2D eigenvalue weighted by Crippen LogP contribution is -2.17. The molecule has 0 saturated heterocycles. The van der Waals surface area contributed by atoms with Crippen LogP contribution >= 0.6 is 0 Å². The van der Waals surface area contributed by atoms with E-state index < -0.39 is 0 Å². The van der Waals surface area contributed by atoms with Gasteiger partial charge >= 0.3 is 0 Å². The lowest BCUT2D eigenvalue weighted by molar-refractivity contribution is 0.102. The third-order valence-electron chi connectivity index (χ3n) is 4.63. The van der Waals surface area contributed by atoms with Crippen LogP contribution < -0.4 is 10.2 Å². The molecule has 0 aromatic heterocycles. The highest BCUT2D eigenvalue weighted by Gasteiger charge is 2.13. The minimum absolute atomic E-state index is 0.0327. The molecule has 3 heteroatoms. The summed E-state index contributed by atoms with van der Waals surface area (Å²) in [5.74, 6) is -0.0327. The Hall–Kier alpha value is -2.29. The molecule has 0 atom stereocenters. The summed E-state index contributed by atoms with van der Waals surface area (Å²) in [4.78, 5) is 14.7. The summed E-state index contributed by atoms with van der Waals surface area (Å²) in [7, 11) is 2.05. The van der Waals surface area contributed by atoms with Crippen LogP contribution in [0.15, 0.2) is 42.5 Å². The highest BCUT2D eigenvalue weighted by atomic mass is 16.1. The predicted octanol–water partition coefficient (Wildman–Crippen LogP) is 4.27. The van der Waals surface area contributed by atoms with Crippen molar-refractivity contribution in [1.29, 1.82) is 0 Å². The maximum Gasteiger partial charge on any atom is 0.255 e. The fourth-order valence-corrected chi connectivity index (χ4v) is 3.08. The Kier molecular flexibility index (Phi) is 4.65. The smallest absolute Gasteiger partial charge is 0.255 e. The third-order valence-corrected chi connectivity index (χ3v) is 4.63. The van der Waals surface area contributed by atoms with Crippen LogP contribution in [0.5, 0.6) is 0 Å². The topological polar surface area (TPSA) is 32.3 Å². The van der Waals surface area contributed by atoms with E-state index in [1.54, 1.807) is 0 Å². The largest absolute Gasteiger partial charge is 0.375 e. The van der Waals surface area contributed by atoms with Gasteiger partial charge in [-0.25, -0.2) is 0 Å². The van der Waals surface area contributed by atoms with Gasteiger partial charge in [-0.3, -0.25) is 4.79 Å². The fourth-order valence-electron chi connectivity index (χ4n) is 3.08. The lowest BCUT2D eigenvalue weighted by atomic mass is 9.90. The molecule has 120 valence electrons. The van der Waals surface area contributed by atoms with Crippen molar-refractivity contribution in [3.8, 4) is 0 Å². The van der Waals surface area contributed by atoms with E-state index in [9.17, 15) is 4.79 Å². The molecule has 0 fully saturated rings. The average Bonchev–Trinajstić information content (AvgIpc) is 2.60. The number of carbonyl (C=O) groups excluding carboxylic acids is 1. The van der Waals surface area contributed by atoms with Crippen molar-refractivity contribution in [3.63, 3.8) is 0 Å². The molecule has 0 bridgehead atoms. The Balaban J connectivity index is 1.76. The molecule has 1 amide bonds. The van der Waals surface area contributed by atoms with Gasteiger partial charge < -0.3 is 10.2 Å². The first-order valence-electron chi connectivity index (χ1n) is 8.41. The second-order valence-electron chi connectivity index (χ2n) is 6.21. The molecule has 1 aliphatic carbocycles. The Bertz CT molecular complexity index is 709. The van der Waals surface area contributed by atoms with Gasteiger partial charge in [-0.2, -0.15) is 0 Å². The molecule has 1 N–H and O–H groups in total. The Morgan fingerprint density at radius 3 is 2.65 bits per heavy atom. The number of hydrogen-bond donors (Lipinski definition) is 1. The maximum atomic E-state index is 12.5. The molecule has 0 saturated carbocycles. The molecule has 2 aromatic rings. The van der Waals surface area contributed by atoms with Gasteiger partial charge in [-0.05, 0) is 74.1 Å². The number of nitrogens with one attached hydrogen (secondary N) is 1. The van der Waals surface area contributed by atoms with Crippen molar-refractivity contribution in [1.82, 2.24) is 0 Å². The van der Waals surface area contributed by atoms with Crippen LogP contribution in [0.3, 0.4) is 0 Å². The van der Waals surface area contributed by atoms with Gasteiger partial charge in [0.1, 0.15) is 0 Å². The van der Waals surface area contributed by atoms with Crippen LogP contribution in [-0.4, -0.2) is 19.5 Å². The summed E-state index contributed by atoms with van der Waals surface area (Å²) in [6, 6.07) is 14.1. The third kappa shape index (κ3) is 3.55. The molecule has 3 nitrogen and oxygen atoms in total. The first-order chi connectivity index (χ1) is 11.2. The van der Waals surface area contributed by atoms with Gasteiger partial charge in [0.25, 0.3) is 5.91 Å². The number of amides is 1. The fraction of sp³-hybridized carbons (Fsp3) is 0.350. The van der Waals surface area contributed by atoms with Crippen molar-refractivity contribution in [2.45, 2.75) is 32.6 Å². The van der Waals surface area contributed by atoms with Gasteiger partial charge in [0.2, 0.25) is 0 Å². The highest BCUT2D eigenvalue weighted by Crippen LogP contribution is 2.23. The molecule has 0 aliphatic heterocycles. The van der Waals surface area contributed by atoms with Crippen LogP contribution in [0.25, 0.3) is 0 Å². The van der Waals surface area contributed by atoms with E-state index in [1.807, 2.05) is 31.3 Å². The van der Waals surface area contributed by atoms with Crippen molar-refractivity contribution < 1.29 is 4.79 Å². The summed E-state index contributed by atoms with van der Waals surface area (Å²) in [6.45, 7) is 3.04. The van der Waals surface area contributed by atoms with Crippen molar-refractivity contribution in [2.75, 3.05) is 23.8 Å². The van der Waals surface area contributed by atoms with E-state index in [-0.39, 0.29) is 5.91 Å². The number of fused-ring (bicyclic) bond motifs is 1. The van der Waals surface area contributed by atoms with E-state index >= 15 is 0 Å². The standard InChI is InChI=1S/C20H24N2O/c1-3-22(2)19-10-6-9-18(14-19)21-20(23)17-12-11-15-7-4-5-8-16(15)13-17/h6,9-14H,3-5,7-8H2,1-2H3,(H,21,23). The first kappa shape index (κ1) is 15.6. The Morgan fingerprint density at radius 1 is 1.09 bits per heavy atom. The SMILES string of the molecule is CCN(C)c1cccc(NC(=O)c2ccc3c(c2)CCCC3)c1. The molecular weight excluding hydrogens is 284 g/mol. The monoisotopic (exact) mass is 308 g/mol. The second-order valence-corrected chi connectivity index (χ2v) is 6.21. The van der Waals surface area contributed by atoms with Crippen LogP contribution in [-0.2, 0) is 12.8 Å². The highest BCUT2D eigenvalue weighted by molar-refractivity contribution is 6.04. The van der Waals surface area contributed by atoms with Crippen LogP contribution in [0.4, 0.5) is 11.4 Å². The summed E-state index contributed by atoms with van der Waals surface area (Å²) in [5, 5.41) is 3.02. The van der Waals surface area contributed by atoms with Gasteiger partial charge in [0.05, 0.1) is 0 Å². The summed E-state index contributed by atoms with van der Waals surface area (Å²) in [5.41, 5.74) is 5.43. The molecule has 0 radical (unpaired) electrons. The normalized spacial score (nSPS) is 13.3. The zero-order valence-corrected chi connectivity index (χ0v) is 13.9. The van der Waals surface area contributed by atoms with E-state index in [2.05, 4.69) is 35.3 Å². The van der Waals surface area contributed by atoms with Gasteiger partial charge in [-0.1, -0.05) is 12.1 Å². The predicted molar refractivity (Wildman–Crippen MR) is 96.4 cm³/mol. The molecule has 23 heavy (non-hydrogen) atoms. The minimum Gasteiger partial charge on any atom is -0.375 e. The van der Waals surface area contributed by atoms with E-state index in [0.717, 1.165) is 36.3 Å². The number of carbonyl (C=O) groups is 1. The van der Waals surface area contributed by atoms with Crippen LogP contribution in [0.1, 0.15) is 41.3 Å². The summed E-state index contributed by atoms with van der Waals surface area (Å²) < 4.78 is 0. The summed E-state index contributed by atoms with van der Waals surface area (Å²) in [6.07, 6.45) is 4.72. The number of rotatable bonds is 4. The average molecular weight is 308 g/mol. The van der Waals surface area contributed by atoms with Crippen molar-refractivity contribution in [3.05, 3.63) is 59.2 Å². The molecule has 0 spiro atoms. The number of nitrogens with zero attached hydrogens (tertiary/aromatic N) is 1. The Morgan fingerprint density at radius 2 is 1.87 bits per heavy atom. The second kappa shape index (κ2) is 6.86. The summed E-state index contributed by atoms with van der Waals surface area (Å²) >= 11 is 0. The van der Waals surface area contributed by atoms with Gasteiger partial charge in [0.15, 0.2) is 0 Å². The Labute approximate surface area is 138 Å². The van der Waals surface area contributed by atoms with Crippen molar-refractivity contribution >= 4 is 17.3 Å². The number of anilines is 2. The zero-order chi connectivity index (χ0) is 16.2.